The molecule has 0 saturated carbocycles. The normalized spacial score (nSPS) is 24.0. The Labute approximate surface area is 61.0 Å². The number of hydrogen-bond donors (Lipinski definition) is 1. The van der Waals surface area contributed by atoms with Crippen LogP contribution < -0.4 is 10.6 Å². The lowest BCUT2D eigenvalue weighted by molar-refractivity contribution is 0.633. The van der Waals surface area contributed by atoms with E-state index in [0.717, 1.165) is 19.5 Å². The van der Waals surface area contributed by atoms with E-state index in [1.54, 1.807) is 0 Å². The van der Waals surface area contributed by atoms with Gasteiger partial charge in [-0.05, 0) is 25.0 Å². The van der Waals surface area contributed by atoms with Crippen molar-refractivity contribution in [2.75, 3.05) is 13.1 Å². The molecule has 2 nitrogen and oxygen atoms in total. The van der Waals surface area contributed by atoms with E-state index in [-0.39, 0.29) is 0 Å². The van der Waals surface area contributed by atoms with Crippen LogP contribution >= 0.6 is 0 Å². The number of rotatable bonds is 0. The van der Waals surface area contributed by atoms with E-state index in [4.69, 9.17) is 0 Å². The van der Waals surface area contributed by atoms with Crippen molar-refractivity contribution >= 4 is 0 Å². The molecule has 0 fully saturated rings. The molecule has 0 unspecified atom stereocenters. The lowest BCUT2D eigenvalue weighted by Crippen LogP contribution is -2.29. The molecule has 1 N–H and O–H groups in total. The molecule has 2 heterocycles. The molecule has 0 bridgehead atoms. The summed E-state index contributed by atoms with van der Waals surface area (Å²) in [5.41, 5.74) is 2.80. The molecule has 0 aromatic carbocycles. The molecule has 2 aliphatic heterocycles. The van der Waals surface area contributed by atoms with Crippen LogP contribution in [0.3, 0.4) is 0 Å². The van der Waals surface area contributed by atoms with Gasteiger partial charge in [0.15, 0.2) is 0 Å². The minimum Gasteiger partial charge on any atom is -0.311 e. The summed E-state index contributed by atoms with van der Waals surface area (Å²) in [6.07, 6.45) is 6.35. The van der Waals surface area contributed by atoms with E-state index in [1.807, 2.05) is 6.20 Å². The zero-order valence-electron chi connectivity index (χ0n) is 5.93. The molecule has 0 atom stereocenters. The van der Waals surface area contributed by atoms with Crippen LogP contribution in [-0.2, 0) is 0 Å². The molecule has 0 saturated heterocycles. The van der Waals surface area contributed by atoms with E-state index in [0.29, 0.717) is 0 Å². The fourth-order valence-electron chi connectivity index (χ4n) is 1.41. The summed E-state index contributed by atoms with van der Waals surface area (Å²) in [5.74, 6) is 0. The SMILES string of the molecule is C1=C[N]C2=C(C1)CCNC2. The molecule has 1 radical (unpaired) electrons. The van der Waals surface area contributed by atoms with E-state index in [1.165, 1.54) is 17.7 Å². The smallest absolute Gasteiger partial charge is 0.0537 e. The molecule has 0 spiro atoms. The van der Waals surface area contributed by atoms with E-state index >= 15 is 0 Å². The monoisotopic (exact) mass is 135 g/mol. The Bertz CT molecular complexity index is 171. The van der Waals surface area contributed by atoms with Gasteiger partial charge in [0.1, 0.15) is 0 Å². The van der Waals surface area contributed by atoms with Gasteiger partial charge in [0, 0.05) is 12.7 Å². The van der Waals surface area contributed by atoms with Crippen LogP contribution in [0, 0.1) is 0 Å². The molecular weight excluding hydrogens is 124 g/mol. The number of nitrogens with zero attached hydrogens (tertiary/aromatic N) is 1. The van der Waals surface area contributed by atoms with Crippen molar-refractivity contribution in [3.63, 3.8) is 0 Å². The summed E-state index contributed by atoms with van der Waals surface area (Å²) in [7, 11) is 0. The highest BCUT2D eigenvalue weighted by molar-refractivity contribution is 5.24. The van der Waals surface area contributed by atoms with E-state index in [9.17, 15) is 0 Å². The van der Waals surface area contributed by atoms with Gasteiger partial charge in [0.2, 0.25) is 0 Å². The van der Waals surface area contributed by atoms with Gasteiger partial charge >= 0.3 is 0 Å². The molecule has 0 aromatic rings. The van der Waals surface area contributed by atoms with Gasteiger partial charge < -0.3 is 5.32 Å². The van der Waals surface area contributed by atoms with Crippen LogP contribution in [0.15, 0.2) is 23.5 Å². The third-order valence-corrected chi connectivity index (χ3v) is 2.00. The van der Waals surface area contributed by atoms with Crippen LogP contribution in [0.4, 0.5) is 0 Å². The number of nitrogens with one attached hydrogen (secondary N) is 1. The van der Waals surface area contributed by atoms with Crippen molar-refractivity contribution in [1.82, 2.24) is 10.6 Å². The summed E-state index contributed by atoms with van der Waals surface area (Å²) in [6.45, 7) is 2.10. The van der Waals surface area contributed by atoms with Gasteiger partial charge in [-0.3, -0.25) is 5.32 Å². The zero-order valence-corrected chi connectivity index (χ0v) is 5.93. The maximum Gasteiger partial charge on any atom is 0.0537 e. The first-order chi connectivity index (χ1) is 4.97. The van der Waals surface area contributed by atoms with E-state index < -0.39 is 0 Å². The summed E-state index contributed by atoms with van der Waals surface area (Å²) in [4.78, 5) is 0. The van der Waals surface area contributed by atoms with Gasteiger partial charge in [-0.25, -0.2) is 0 Å². The number of hydrogen-bond acceptors (Lipinski definition) is 1. The van der Waals surface area contributed by atoms with Crippen LogP contribution in [0.1, 0.15) is 12.8 Å². The lowest BCUT2D eigenvalue weighted by Gasteiger charge is -2.21. The first-order valence-corrected chi connectivity index (χ1v) is 3.74. The Kier molecular flexibility index (Phi) is 1.47. The van der Waals surface area contributed by atoms with Gasteiger partial charge in [-0.15, -0.1) is 0 Å². The minimum atomic E-state index is 0.972. The standard InChI is InChI=1S/C8H11N2/c1-2-7-3-5-9-6-8(7)10-4-1/h1,4,9H,2-3,5-6H2. The predicted octanol–water partition coefficient (Wildman–Crippen LogP) is 0.756. The predicted molar refractivity (Wildman–Crippen MR) is 40.4 cm³/mol. The topological polar surface area (TPSA) is 26.1 Å². The zero-order chi connectivity index (χ0) is 6.81. The Hall–Kier alpha value is -0.760. The fourth-order valence-corrected chi connectivity index (χ4v) is 1.41. The number of allylic oxidation sites excluding steroid dienone is 1. The highest BCUT2D eigenvalue weighted by Crippen LogP contribution is 2.18. The Balaban J connectivity index is 2.17. The molecule has 0 amide bonds. The van der Waals surface area contributed by atoms with Gasteiger partial charge in [-0.1, -0.05) is 6.08 Å². The van der Waals surface area contributed by atoms with Crippen molar-refractivity contribution in [1.29, 1.82) is 0 Å². The minimum absolute atomic E-state index is 0.972. The first kappa shape index (κ1) is 5.98. The highest BCUT2D eigenvalue weighted by atomic mass is 15.0. The average molecular weight is 135 g/mol. The van der Waals surface area contributed by atoms with Crippen molar-refractivity contribution < 1.29 is 0 Å². The van der Waals surface area contributed by atoms with Crippen molar-refractivity contribution in [3.8, 4) is 0 Å². The van der Waals surface area contributed by atoms with E-state index in [2.05, 4.69) is 16.7 Å². The molecule has 10 heavy (non-hydrogen) atoms. The maximum atomic E-state index is 4.29. The first-order valence-electron chi connectivity index (χ1n) is 3.74. The summed E-state index contributed by atoms with van der Waals surface area (Å²) in [6, 6.07) is 0. The third kappa shape index (κ3) is 0.948. The Morgan fingerprint density at radius 1 is 1.50 bits per heavy atom. The molecule has 2 heteroatoms. The van der Waals surface area contributed by atoms with Crippen LogP contribution in [0.5, 0.6) is 0 Å². The van der Waals surface area contributed by atoms with Gasteiger partial charge in [0.05, 0.1) is 5.70 Å². The summed E-state index contributed by atoms with van der Waals surface area (Å²) in [5, 5.41) is 7.59. The van der Waals surface area contributed by atoms with Gasteiger partial charge in [-0.2, -0.15) is 0 Å². The van der Waals surface area contributed by atoms with Crippen molar-refractivity contribution in [2.45, 2.75) is 12.8 Å². The largest absolute Gasteiger partial charge is 0.311 e. The van der Waals surface area contributed by atoms with Crippen molar-refractivity contribution in [2.24, 2.45) is 0 Å². The fraction of sp³-hybridized carbons (Fsp3) is 0.500. The second-order valence-electron chi connectivity index (χ2n) is 2.70. The molecule has 53 valence electrons. The second-order valence-corrected chi connectivity index (χ2v) is 2.70. The van der Waals surface area contributed by atoms with Gasteiger partial charge in [0.25, 0.3) is 0 Å². The highest BCUT2D eigenvalue weighted by Gasteiger charge is 2.12. The quantitative estimate of drug-likeness (QED) is 0.521. The summed E-state index contributed by atoms with van der Waals surface area (Å²) < 4.78 is 0. The summed E-state index contributed by atoms with van der Waals surface area (Å²) >= 11 is 0. The van der Waals surface area contributed by atoms with Crippen molar-refractivity contribution in [3.05, 3.63) is 23.5 Å². The van der Waals surface area contributed by atoms with Crippen LogP contribution in [-0.4, -0.2) is 13.1 Å². The Morgan fingerprint density at radius 2 is 2.50 bits per heavy atom. The lowest BCUT2D eigenvalue weighted by atomic mass is 10.0. The van der Waals surface area contributed by atoms with Crippen LogP contribution in [0.2, 0.25) is 0 Å². The average Bonchev–Trinajstić information content (AvgIpc) is 2.05. The molecule has 0 aliphatic carbocycles. The second kappa shape index (κ2) is 2.46. The third-order valence-electron chi connectivity index (χ3n) is 2.00. The molecule has 2 aliphatic rings. The molecule has 2 rings (SSSR count). The molecule has 0 aromatic heterocycles. The molecular formula is C8H11N2. The van der Waals surface area contributed by atoms with Crippen LogP contribution in [0.25, 0.3) is 0 Å². The Morgan fingerprint density at radius 3 is 3.40 bits per heavy atom. The maximum absolute atomic E-state index is 4.29.